The molecule has 0 heterocycles. The molecule has 3 rings (SSSR count). The van der Waals surface area contributed by atoms with Gasteiger partial charge in [-0.05, 0) is 68.8 Å². The highest BCUT2D eigenvalue weighted by molar-refractivity contribution is 7.92. The number of methoxy groups -OCH3 is 1. The lowest BCUT2D eigenvalue weighted by Crippen LogP contribution is -2.52. The molecule has 0 aromatic heterocycles. The zero-order valence-electron chi connectivity index (χ0n) is 21.8. The molecule has 0 radical (unpaired) electrons. The predicted molar refractivity (Wildman–Crippen MR) is 149 cm³/mol. The average Bonchev–Trinajstić information content (AvgIpc) is 2.90. The van der Waals surface area contributed by atoms with E-state index in [-0.39, 0.29) is 29.1 Å². The molecule has 0 aliphatic carbocycles. The van der Waals surface area contributed by atoms with Crippen molar-refractivity contribution in [1.82, 2.24) is 10.2 Å². The monoisotopic (exact) mass is 557 g/mol. The molecule has 0 bridgehead atoms. The minimum absolute atomic E-state index is 0.0257. The molecular formula is C28H32ClN3O5S. The van der Waals surface area contributed by atoms with Crippen LogP contribution in [0.5, 0.6) is 5.75 Å². The summed E-state index contributed by atoms with van der Waals surface area (Å²) in [7, 11) is -2.60. The second kappa shape index (κ2) is 12.8. The Morgan fingerprint density at radius 2 is 1.63 bits per heavy atom. The SMILES string of the molecule is COc1cccc(CN(C(=O)CN(c2cccc(Cl)c2)S(=O)(=O)c2ccccc2)C(C)C(=O)NC(C)C)c1. The smallest absolute Gasteiger partial charge is 0.264 e. The molecule has 2 amide bonds. The van der Waals surface area contributed by atoms with Crippen LogP contribution in [-0.2, 0) is 26.2 Å². The first-order valence-corrected chi connectivity index (χ1v) is 13.9. The minimum Gasteiger partial charge on any atom is -0.497 e. The van der Waals surface area contributed by atoms with Gasteiger partial charge in [0.2, 0.25) is 11.8 Å². The minimum atomic E-state index is -4.14. The van der Waals surface area contributed by atoms with Crippen molar-refractivity contribution in [2.24, 2.45) is 0 Å². The molecule has 0 aliphatic heterocycles. The van der Waals surface area contributed by atoms with Crippen molar-refractivity contribution in [2.45, 2.75) is 44.3 Å². The fourth-order valence-corrected chi connectivity index (χ4v) is 5.45. The van der Waals surface area contributed by atoms with Gasteiger partial charge in [-0.1, -0.05) is 48.0 Å². The van der Waals surface area contributed by atoms with Crippen LogP contribution < -0.4 is 14.4 Å². The van der Waals surface area contributed by atoms with Gasteiger partial charge in [-0.2, -0.15) is 0 Å². The summed E-state index contributed by atoms with van der Waals surface area (Å²) in [6, 6.07) is 20.3. The van der Waals surface area contributed by atoms with Gasteiger partial charge < -0.3 is 15.0 Å². The first-order valence-electron chi connectivity index (χ1n) is 12.1. The summed E-state index contributed by atoms with van der Waals surface area (Å²) in [5, 5.41) is 3.15. The van der Waals surface area contributed by atoms with E-state index >= 15 is 0 Å². The number of anilines is 1. The van der Waals surface area contributed by atoms with Crippen molar-refractivity contribution in [3.05, 3.63) is 89.4 Å². The maximum absolute atomic E-state index is 13.9. The van der Waals surface area contributed by atoms with E-state index in [0.29, 0.717) is 10.8 Å². The van der Waals surface area contributed by atoms with Gasteiger partial charge in [0.15, 0.2) is 0 Å². The molecule has 0 fully saturated rings. The molecule has 3 aromatic rings. The van der Waals surface area contributed by atoms with E-state index in [1.54, 1.807) is 61.5 Å². The van der Waals surface area contributed by atoms with Crippen molar-refractivity contribution < 1.29 is 22.7 Å². The Kier molecular flexibility index (Phi) is 9.77. The first kappa shape index (κ1) is 29.0. The maximum Gasteiger partial charge on any atom is 0.264 e. The van der Waals surface area contributed by atoms with Crippen LogP contribution in [0.3, 0.4) is 0 Å². The molecule has 1 N–H and O–H groups in total. The molecule has 8 nitrogen and oxygen atoms in total. The molecule has 0 spiro atoms. The summed E-state index contributed by atoms with van der Waals surface area (Å²) in [6.07, 6.45) is 0. The highest BCUT2D eigenvalue weighted by Gasteiger charge is 2.32. The van der Waals surface area contributed by atoms with Crippen molar-refractivity contribution in [3.8, 4) is 5.75 Å². The van der Waals surface area contributed by atoms with Crippen LogP contribution in [0.1, 0.15) is 26.3 Å². The number of hydrogen-bond donors (Lipinski definition) is 1. The van der Waals surface area contributed by atoms with Crippen LogP contribution in [0.4, 0.5) is 5.69 Å². The third-order valence-corrected chi connectivity index (χ3v) is 7.81. The molecule has 0 aliphatic rings. The van der Waals surface area contributed by atoms with Crippen LogP contribution in [0.15, 0.2) is 83.8 Å². The topological polar surface area (TPSA) is 96.0 Å². The molecule has 0 saturated heterocycles. The zero-order chi connectivity index (χ0) is 27.9. The Hall–Kier alpha value is -3.56. The average molecular weight is 558 g/mol. The number of hydrogen-bond acceptors (Lipinski definition) is 5. The van der Waals surface area contributed by atoms with Crippen molar-refractivity contribution in [3.63, 3.8) is 0 Å². The second-order valence-corrected chi connectivity index (χ2v) is 11.3. The van der Waals surface area contributed by atoms with Gasteiger partial charge in [0.1, 0.15) is 18.3 Å². The number of amides is 2. The number of nitrogens with zero attached hydrogens (tertiary/aromatic N) is 2. The molecule has 1 unspecified atom stereocenters. The molecule has 3 aromatic carbocycles. The van der Waals surface area contributed by atoms with Gasteiger partial charge in [-0.3, -0.25) is 13.9 Å². The Morgan fingerprint density at radius 3 is 2.26 bits per heavy atom. The molecule has 1 atom stereocenters. The Bertz CT molecular complexity index is 1370. The molecule has 0 saturated carbocycles. The van der Waals surface area contributed by atoms with E-state index in [1.165, 1.54) is 30.2 Å². The third kappa shape index (κ3) is 7.26. The number of carbonyl (C=O) groups excluding carboxylic acids is 2. The number of rotatable bonds is 11. The predicted octanol–water partition coefficient (Wildman–Crippen LogP) is 4.49. The van der Waals surface area contributed by atoms with E-state index in [9.17, 15) is 18.0 Å². The van der Waals surface area contributed by atoms with Crippen LogP contribution in [-0.4, -0.2) is 50.9 Å². The summed E-state index contributed by atoms with van der Waals surface area (Å²) >= 11 is 6.18. The van der Waals surface area contributed by atoms with Crippen molar-refractivity contribution in [1.29, 1.82) is 0 Å². The van der Waals surface area contributed by atoms with Gasteiger partial charge in [0.05, 0.1) is 17.7 Å². The van der Waals surface area contributed by atoms with Crippen LogP contribution in [0.25, 0.3) is 0 Å². The molecular weight excluding hydrogens is 526 g/mol. The lowest BCUT2D eigenvalue weighted by molar-refractivity contribution is -0.139. The lowest BCUT2D eigenvalue weighted by atomic mass is 10.1. The standard InChI is InChI=1S/C28H32ClN3O5S/c1-20(2)30-28(34)21(3)31(18-22-10-8-13-25(16-22)37-4)27(33)19-32(24-12-9-11-23(29)17-24)38(35,36)26-14-6-5-7-15-26/h5-17,20-21H,18-19H2,1-4H3,(H,30,34). The maximum atomic E-state index is 13.9. The van der Waals surface area contributed by atoms with E-state index in [1.807, 2.05) is 19.9 Å². The first-order chi connectivity index (χ1) is 18.0. The normalized spacial score (nSPS) is 12.1. The zero-order valence-corrected chi connectivity index (χ0v) is 23.4. The number of ether oxygens (including phenoxy) is 1. The Morgan fingerprint density at radius 1 is 0.947 bits per heavy atom. The van der Waals surface area contributed by atoms with Gasteiger partial charge >= 0.3 is 0 Å². The largest absolute Gasteiger partial charge is 0.497 e. The number of benzene rings is 3. The van der Waals surface area contributed by atoms with E-state index < -0.39 is 28.5 Å². The fourth-order valence-electron chi connectivity index (χ4n) is 3.83. The third-order valence-electron chi connectivity index (χ3n) is 5.79. The van der Waals surface area contributed by atoms with Crippen LogP contribution in [0.2, 0.25) is 5.02 Å². The summed E-state index contributed by atoms with van der Waals surface area (Å²) in [4.78, 5) is 28.2. The number of carbonyl (C=O) groups is 2. The van der Waals surface area contributed by atoms with Crippen molar-refractivity contribution >= 4 is 39.1 Å². The summed E-state index contributed by atoms with van der Waals surface area (Å²) in [5.74, 6) is -0.309. The van der Waals surface area contributed by atoms with Crippen LogP contribution >= 0.6 is 11.6 Å². The Labute approximate surface area is 229 Å². The molecule has 202 valence electrons. The highest BCUT2D eigenvalue weighted by Crippen LogP contribution is 2.27. The van der Waals surface area contributed by atoms with Gasteiger partial charge in [-0.15, -0.1) is 0 Å². The number of halogens is 1. The van der Waals surface area contributed by atoms with Crippen molar-refractivity contribution in [2.75, 3.05) is 18.0 Å². The molecule has 38 heavy (non-hydrogen) atoms. The highest BCUT2D eigenvalue weighted by atomic mass is 35.5. The second-order valence-electron chi connectivity index (χ2n) is 9.02. The fraction of sp³-hybridized carbons (Fsp3) is 0.286. The Balaban J connectivity index is 2.03. The summed E-state index contributed by atoms with van der Waals surface area (Å²) in [6.45, 7) is 4.79. The van der Waals surface area contributed by atoms with E-state index in [2.05, 4.69) is 5.32 Å². The summed E-state index contributed by atoms with van der Waals surface area (Å²) < 4.78 is 33.7. The summed E-state index contributed by atoms with van der Waals surface area (Å²) in [5.41, 5.74) is 0.956. The quantitative estimate of drug-likeness (QED) is 0.375. The molecule has 10 heteroatoms. The van der Waals surface area contributed by atoms with E-state index in [4.69, 9.17) is 16.3 Å². The van der Waals surface area contributed by atoms with E-state index in [0.717, 1.165) is 9.87 Å². The van der Waals surface area contributed by atoms with Gasteiger partial charge in [0, 0.05) is 17.6 Å². The lowest BCUT2D eigenvalue weighted by Gasteiger charge is -2.32. The van der Waals surface area contributed by atoms with Crippen LogP contribution in [0, 0.1) is 0 Å². The number of nitrogens with one attached hydrogen (secondary N) is 1. The van der Waals surface area contributed by atoms with Gasteiger partial charge in [0.25, 0.3) is 10.0 Å². The number of sulfonamides is 1. The van der Waals surface area contributed by atoms with Gasteiger partial charge in [-0.25, -0.2) is 8.42 Å².